The van der Waals surface area contributed by atoms with Crippen molar-refractivity contribution in [1.82, 2.24) is 5.16 Å². The van der Waals surface area contributed by atoms with Gasteiger partial charge in [0.2, 0.25) is 0 Å². The number of benzene rings is 1. The van der Waals surface area contributed by atoms with Gasteiger partial charge in [-0.3, -0.25) is 0 Å². The highest BCUT2D eigenvalue weighted by molar-refractivity contribution is 5.95. The lowest BCUT2D eigenvalue weighted by atomic mass is 9.99. The summed E-state index contributed by atoms with van der Waals surface area (Å²) in [5, 5.41) is 13.5. The van der Waals surface area contributed by atoms with Gasteiger partial charge in [0, 0.05) is 18.4 Å². The Hall–Kier alpha value is -2.30. The largest absolute Gasteiger partial charge is 0.493 e. The molecule has 0 amide bonds. The van der Waals surface area contributed by atoms with Gasteiger partial charge in [0.15, 0.2) is 5.76 Å². The van der Waals surface area contributed by atoms with Crippen LogP contribution in [0.15, 0.2) is 22.7 Å². The zero-order valence-electron chi connectivity index (χ0n) is 12.0. The molecule has 1 aliphatic rings. The van der Waals surface area contributed by atoms with E-state index in [1.54, 1.807) is 0 Å². The standard InChI is InChI=1S/C16H17NO4/c1-9(2)7-13-14(16(18)19)15(17-21-13)11-3-4-12-10(8-11)5-6-20-12/h3-4,8-9H,5-7H2,1-2H3,(H,18,19). The molecule has 1 aliphatic heterocycles. The number of fused-ring (bicyclic) bond motifs is 1. The van der Waals surface area contributed by atoms with E-state index >= 15 is 0 Å². The molecule has 0 saturated heterocycles. The Morgan fingerprint density at radius 2 is 2.24 bits per heavy atom. The zero-order chi connectivity index (χ0) is 15.0. The van der Waals surface area contributed by atoms with Gasteiger partial charge in [-0.15, -0.1) is 0 Å². The van der Waals surface area contributed by atoms with Crippen molar-refractivity contribution in [2.24, 2.45) is 5.92 Å². The Balaban J connectivity index is 2.06. The molecule has 0 bridgehead atoms. The summed E-state index contributed by atoms with van der Waals surface area (Å²) in [7, 11) is 0. The van der Waals surface area contributed by atoms with Gasteiger partial charge in [-0.05, 0) is 29.7 Å². The van der Waals surface area contributed by atoms with E-state index < -0.39 is 5.97 Å². The molecule has 2 aromatic rings. The lowest BCUT2D eigenvalue weighted by molar-refractivity contribution is 0.0695. The normalized spacial score (nSPS) is 13.3. The second-order valence-electron chi connectivity index (χ2n) is 5.65. The molecule has 1 aromatic carbocycles. The smallest absolute Gasteiger partial charge is 0.341 e. The quantitative estimate of drug-likeness (QED) is 0.935. The lowest BCUT2D eigenvalue weighted by Gasteiger charge is -2.04. The minimum Gasteiger partial charge on any atom is -0.493 e. The van der Waals surface area contributed by atoms with Crippen molar-refractivity contribution in [3.63, 3.8) is 0 Å². The van der Waals surface area contributed by atoms with Crippen molar-refractivity contribution in [2.45, 2.75) is 26.7 Å². The highest BCUT2D eigenvalue weighted by Gasteiger charge is 2.25. The van der Waals surface area contributed by atoms with Crippen molar-refractivity contribution in [2.75, 3.05) is 6.61 Å². The van der Waals surface area contributed by atoms with Crippen molar-refractivity contribution in [3.05, 3.63) is 35.1 Å². The average Bonchev–Trinajstić information content (AvgIpc) is 3.02. The topological polar surface area (TPSA) is 72.6 Å². The third-order valence-electron chi connectivity index (χ3n) is 3.53. The van der Waals surface area contributed by atoms with Gasteiger partial charge in [-0.2, -0.15) is 0 Å². The molecule has 3 rings (SSSR count). The molecular weight excluding hydrogens is 270 g/mol. The highest BCUT2D eigenvalue weighted by atomic mass is 16.5. The first-order valence-corrected chi connectivity index (χ1v) is 7.04. The summed E-state index contributed by atoms with van der Waals surface area (Å²) in [5.74, 6) is 0.599. The van der Waals surface area contributed by atoms with E-state index in [2.05, 4.69) is 5.16 Å². The van der Waals surface area contributed by atoms with Gasteiger partial charge in [-0.1, -0.05) is 19.0 Å². The summed E-state index contributed by atoms with van der Waals surface area (Å²) in [6, 6.07) is 5.62. The molecule has 0 spiro atoms. The van der Waals surface area contributed by atoms with Crippen LogP contribution in [0.3, 0.4) is 0 Å². The number of carbonyl (C=O) groups is 1. The summed E-state index contributed by atoms with van der Waals surface area (Å²) >= 11 is 0. The third kappa shape index (κ3) is 2.51. The summed E-state index contributed by atoms with van der Waals surface area (Å²) in [6.45, 7) is 4.70. The Bertz CT molecular complexity index is 688. The maximum atomic E-state index is 11.6. The fraction of sp³-hybridized carbons (Fsp3) is 0.375. The molecule has 0 atom stereocenters. The van der Waals surface area contributed by atoms with Crippen LogP contribution in [0.2, 0.25) is 0 Å². The maximum absolute atomic E-state index is 11.6. The summed E-state index contributed by atoms with van der Waals surface area (Å²) < 4.78 is 10.7. The van der Waals surface area contributed by atoms with Gasteiger partial charge >= 0.3 is 5.97 Å². The Labute approximate surface area is 122 Å². The molecule has 0 aliphatic carbocycles. The van der Waals surface area contributed by atoms with Gasteiger partial charge in [0.1, 0.15) is 17.0 Å². The predicted octanol–water partition coefficient (Wildman–Crippen LogP) is 3.17. The predicted molar refractivity (Wildman–Crippen MR) is 76.6 cm³/mol. The molecule has 5 nitrogen and oxygen atoms in total. The van der Waals surface area contributed by atoms with Gasteiger partial charge in [0.05, 0.1) is 6.61 Å². The number of rotatable bonds is 4. The van der Waals surface area contributed by atoms with Crippen LogP contribution in [0.25, 0.3) is 11.3 Å². The van der Waals surface area contributed by atoms with Crippen LogP contribution in [0.5, 0.6) is 5.75 Å². The van der Waals surface area contributed by atoms with Gasteiger partial charge in [-0.25, -0.2) is 4.79 Å². The summed E-state index contributed by atoms with van der Waals surface area (Å²) in [6.07, 6.45) is 1.39. The highest BCUT2D eigenvalue weighted by Crippen LogP contribution is 2.33. The van der Waals surface area contributed by atoms with Crippen LogP contribution in [-0.2, 0) is 12.8 Å². The van der Waals surface area contributed by atoms with Gasteiger partial charge < -0.3 is 14.4 Å². The van der Waals surface area contributed by atoms with Crippen LogP contribution in [0.4, 0.5) is 0 Å². The lowest BCUT2D eigenvalue weighted by Crippen LogP contribution is -2.04. The minimum absolute atomic E-state index is 0.169. The van der Waals surface area contributed by atoms with E-state index in [4.69, 9.17) is 9.26 Å². The zero-order valence-corrected chi connectivity index (χ0v) is 12.0. The van der Waals surface area contributed by atoms with E-state index in [0.29, 0.717) is 30.4 Å². The number of carboxylic acids is 1. The molecule has 0 unspecified atom stereocenters. The molecule has 21 heavy (non-hydrogen) atoms. The minimum atomic E-state index is -1.00. The number of aromatic nitrogens is 1. The van der Waals surface area contributed by atoms with Crippen LogP contribution in [0.1, 0.15) is 35.5 Å². The molecule has 1 aromatic heterocycles. The Morgan fingerprint density at radius 1 is 1.43 bits per heavy atom. The van der Waals surface area contributed by atoms with Crippen LogP contribution in [0, 0.1) is 5.92 Å². The molecule has 0 saturated carbocycles. The molecule has 0 fully saturated rings. The number of ether oxygens (including phenoxy) is 1. The second kappa shape index (κ2) is 5.24. The van der Waals surface area contributed by atoms with E-state index in [9.17, 15) is 9.90 Å². The van der Waals surface area contributed by atoms with Crippen molar-refractivity contribution < 1.29 is 19.2 Å². The van der Waals surface area contributed by atoms with Crippen LogP contribution < -0.4 is 4.74 Å². The third-order valence-corrected chi connectivity index (χ3v) is 3.53. The Morgan fingerprint density at radius 3 is 2.95 bits per heavy atom. The fourth-order valence-electron chi connectivity index (χ4n) is 2.59. The molecule has 0 radical (unpaired) electrons. The number of hydrogen-bond acceptors (Lipinski definition) is 4. The van der Waals surface area contributed by atoms with E-state index in [1.807, 2.05) is 32.0 Å². The average molecular weight is 287 g/mol. The van der Waals surface area contributed by atoms with E-state index in [1.165, 1.54) is 0 Å². The van der Waals surface area contributed by atoms with Crippen molar-refractivity contribution >= 4 is 5.97 Å². The molecule has 1 N–H and O–H groups in total. The monoisotopic (exact) mass is 287 g/mol. The van der Waals surface area contributed by atoms with Crippen LogP contribution >= 0.6 is 0 Å². The number of hydrogen-bond donors (Lipinski definition) is 1. The van der Waals surface area contributed by atoms with E-state index in [0.717, 1.165) is 23.3 Å². The first kappa shape index (κ1) is 13.7. The van der Waals surface area contributed by atoms with Crippen molar-refractivity contribution in [1.29, 1.82) is 0 Å². The maximum Gasteiger partial charge on any atom is 0.341 e. The van der Waals surface area contributed by atoms with Crippen LogP contribution in [-0.4, -0.2) is 22.8 Å². The summed E-state index contributed by atoms with van der Waals surface area (Å²) in [4.78, 5) is 11.6. The van der Waals surface area contributed by atoms with E-state index in [-0.39, 0.29) is 5.56 Å². The molecule has 5 heteroatoms. The first-order chi connectivity index (χ1) is 10.1. The fourth-order valence-corrected chi connectivity index (χ4v) is 2.59. The summed E-state index contributed by atoms with van der Waals surface area (Å²) in [5.41, 5.74) is 2.41. The number of carboxylic acid groups (broad SMARTS) is 1. The second-order valence-corrected chi connectivity index (χ2v) is 5.65. The molecule has 2 heterocycles. The first-order valence-electron chi connectivity index (χ1n) is 7.04. The SMILES string of the molecule is CC(C)Cc1onc(-c2ccc3c(c2)CCO3)c1C(=O)O. The van der Waals surface area contributed by atoms with Gasteiger partial charge in [0.25, 0.3) is 0 Å². The number of nitrogens with zero attached hydrogens (tertiary/aromatic N) is 1. The molecular formula is C16H17NO4. The molecule has 110 valence electrons. The number of aromatic carboxylic acids is 1. The van der Waals surface area contributed by atoms with Crippen molar-refractivity contribution in [3.8, 4) is 17.0 Å². The Kier molecular flexibility index (Phi) is 3.41.